The van der Waals surface area contributed by atoms with Gasteiger partial charge in [0.15, 0.2) is 5.76 Å². The van der Waals surface area contributed by atoms with Crippen molar-refractivity contribution in [1.82, 2.24) is 24.4 Å². The van der Waals surface area contributed by atoms with E-state index in [1.807, 2.05) is 110 Å². The van der Waals surface area contributed by atoms with Gasteiger partial charge in [-0.2, -0.15) is 14.6 Å². The number of aromatic nitrogens is 5. The highest BCUT2D eigenvalue weighted by atomic mass is 32.1. The van der Waals surface area contributed by atoms with Crippen molar-refractivity contribution in [1.29, 1.82) is 0 Å². The molecule has 4 aromatic heterocycles. The minimum Gasteiger partial charge on any atom is -0.494 e. The number of benzene rings is 3. The maximum atomic E-state index is 13.4. The van der Waals surface area contributed by atoms with Crippen LogP contribution < -0.4 is 14.8 Å². The van der Waals surface area contributed by atoms with Crippen molar-refractivity contribution in [2.24, 2.45) is 0 Å². The Morgan fingerprint density at radius 2 is 1.75 bits per heavy atom. The van der Waals surface area contributed by atoms with Gasteiger partial charge in [-0.3, -0.25) is 4.79 Å². The number of hydrogen-bond donors (Lipinski definition) is 0. The zero-order valence-electron chi connectivity index (χ0n) is 21.7. The molecule has 7 aromatic rings. The fraction of sp³-hybridized carbons (Fsp3) is 0.0968. The molecule has 0 aliphatic rings. The minimum atomic E-state index is -0.238. The Morgan fingerprint density at radius 1 is 0.975 bits per heavy atom. The Balaban J connectivity index is 1.33. The molecule has 0 saturated carbocycles. The van der Waals surface area contributed by atoms with Crippen molar-refractivity contribution in [2.45, 2.75) is 13.8 Å². The molecule has 0 spiro atoms. The fourth-order valence-electron chi connectivity index (χ4n) is 4.76. The highest BCUT2D eigenvalue weighted by Gasteiger charge is 2.19. The minimum absolute atomic E-state index is 0.238. The van der Waals surface area contributed by atoms with E-state index < -0.39 is 0 Å². The van der Waals surface area contributed by atoms with Crippen LogP contribution in [0.4, 0.5) is 0 Å². The van der Waals surface area contributed by atoms with E-state index in [9.17, 15) is 4.79 Å². The van der Waals surface area contributed by atoms with Crippen LogP contribution in [0, 0.1) is 6.92 Å². The first-order chi connectivity index (χ1) is 19.6. The molecule has 3 aromatic carbocycles. The van der Waals surface area contributed by atoms with Gasteiger partial charge < -0.3 is 9.15 Å². The summed E-state index contributed by atoms with van der Waals surface area (Å²) in [5, 5.41) is 10.4. The topological polar surface area (TPSA) is 87.4 Å². The van der Waals surface area contributed by atoms with Crippen LogP contribution in [0.1, 0.15) is 18.1 Å². The van der Waals surface area contributed by atoms with E-state index >= 15 is 0 Å². The van der Waals surface area contributed by atoms with Gasteiger partial charge in [0.2, 0.25) is 10.8 Å². The highest BCUT2D eigenvalue weighted by Crippen LogP contribution is 2.31. The van der Waals surface area contributed by atoms with Crippen LogP contribution in [0.15, 0.2) is 94.3 Å². The molecule has 0 N–H and O–H groups in total. The van der Waals surface area contributed by atoms with Crippen LogP contribution in [-0.4, -0.2) is 31.0 Å². The number of ether oxygens (including phenoxy) is 1. The van der Waals surface area contributed by atoms with E-state index in [0.717, 1.165) is 44.8 Å². The van der Waals surface area contributed by atoms with Gasteiger partial charge in [0.25, 0.3) is 5.56 Å². The summed E-state index contributed by atoms with van der Waals surface area (Å²) in [4.78, 5) is 18.6. The average Bonchev–Trinajstić information content (AvgIpc) is 3.74. The number of thiazole rings is 1. The van der Waals surface area contributed by atoms with E-state index in [4.69, 9.17) is 14.3 Å². The molecule has 0 bridgehead atoms. The van der Waals surface area contributed by atoms with Gasteiger partial charge in [-0.05, 0) is 62.4 Å². The van der Waals surface area contributed by atoms with Crippen molar-refractivity contribution in [3.8, 4) is 34.3 Å². The summed E-state index contributed by atoms with van der Waals surface area (Å²) < 4.78 is 15.3. The van der Waals surface area contributed by atoms with Crippen LogP contribution in [0.5, 0.6) is 5.75 Å². The van der Waals surface area contributed by atoms with Crippen LogP contribution in [0.25, 0.3) is 50.5 Å². The standard InChI is InChI=1S/C31H23N5O3S/c1-3-38-23-15-13-20(14-16-23)27-21(18-35(33-27)22-9-5-4-6-10-22)17-26-30(37)36-31(40-26)32-29(34-36)28-19(2)24-11-7-8-12-25(24)39-28/h4-18H,3H2,1-2H3. The monoisotopic (exact) mass is 545 g/mol. The number of furan rings is 1. The molecule has 0 aliphatic carbocycles. The third-order valence-electron chi connectivity index (χ3n) is 6.72. The van der Waals surface area contributed by atoms with Crippen LogP contribution >= 0.6 is 11.3 Å². The summed E-state index contributed by atoms with van der Waals surface area (Å²) in [5.74, 6) is 1.77. The van der Waals surface area contributed by atoms with Crippen LogP contribution in [0.2, 0.25) is 0 Å². The summed E-state index contributed by atoms with van der Waals surface area (Å²) in [7, 11) is 0. The first kappa shape index (κ1) is 24.1. The molecular weight excluding hydrogens is 522 g/mol. The lowest BCUT2D eigenvalue weighted by molar-refractivity contribution is 0.340. The van der Waals surface area contributed by atoms with Crippen molar-refractivity contribution in [2.75, 3.05) is 6.61 Å². The Kier molecular flexibility index (Phi) is 5.78. The largest absolute Gasteiger partial charge is 0.494 e. The lowest BCUT2D eigenvalue weighted by Crippen LogP contribution is -2.23. The van der Waals surface area contributed by atoms with E-state index in [1.54, 1.807) is 0 Å². The molecule has 7 rings (SSSR count). The first-order valence-corrected chi connectivity index (χ1v) is 13.7. The number of hydrogen-bond acceptors (Lipinski definition) is 7. The summed E-state index contributed by atoms with van der Waals surface area (Å²) in [5.41, 5.74) is 4.87. The van der Waals surface area contributed by atoms with Crippen molar-refractivity contribution in [3.63, 3.8) is 0 Å². The number of aryl methyl sites for hydroxylation is 1. The van der Waals surface area contributed by atoms with Crippen LogP contribution in [0.3, 0.4) is 0 Å². The molecule has 8 nitrogen and oxygen atoms in total. The van der Waals surface area contributed by atoms with Gasteiger partial charge in [-0.1, -0.05) is 47.7 Å². The summed E-state index contributed by atoms with van der Waals surface area (Å²) in [6.07, 6.45) is 3.79. The molecule has 0 radical (unpaired) electrons. The Morgan fingerprint density at radius 3 is 2.50 bits per heavy atom. The SMILES string of the molecule is CCOc1ccc(-c2nn(-c3ccccc3)cc2C=c2sc3nc(-c4oc5ccccc5c4C)nn3c2=O)cc1. The smallest absolute Gasteiger partial charge is 0.291 e. The van der Waals surface area contributed by atoms with Gasteiger partial charge in [-0.25, -0.2) is 4.68 Å². The molecule has 0 aliphatic heterocycles. The molecule has 0 fully saturated rings. The second-order valence-electron chi connectivity index (χ2n) is 9.27. The van der Waals surface area contributed by atoms with Gasteiger partial charge in [0.05, 0.1) is 16.8 Å². The maximum absolute atomic E-state index is 13.4. The lowest BCUT2D eigenvalue weighted by atomic mass is 10.1. The average molecular weight is 546 g/mol. The predicted octanol–water partition coefficient (Wildman–Crippen LogP) is 5.67. The number of rotatable bonds is 6. The molecule has 0 saturated heterocycles. The molecule has 196 valence electrons. The van der Waals surface area contributed by atoms with Crippen LogP contribution in [-0.2, 0) is 0 Å². The predicted molar refractivity (Wildman–Crippen MR) is 156 cm³/mol. The number of nitrogens with zero attached hydrogens (tertiary/aromatic N) is 5. The molecule has 0 amide bonds. The quantitative estimate of drug-likeness (QED) is 0.268. The van der Waals surface area contributed by atoms with Crippen molar-refractivity contribution < 1.29 is 9.15 Å². The van der Waals surface area contributed by atoms with Gasteiger partial charge in [0, 0.05) is 28.3 Å². The molecule has 40 heavy (non-hydrogen) atoms. The molecular formula is C31H23N5O3S. The van der Waals surface area contributed by atoms with Crippen molar-refractivity contribution >= 4 is 33.3 Å². The highest BCUT2D eigenvalue weighted by molar-refractivity contribution is 7.15. The number of para-hydroxylation sites is 2. The number of fused-ring (bicyclic) bond motifs is 2. The summed E-state index contributed by atoms with van der Waals surface area (Å²) in [6, 6.07) is 25.5. The second kappa shape index (κ2) is 9.62. The molecule has 4 heterocycles. The second-order valence-corrected chi connectivity index (χ2v) is 10.3. The molecule has 0 atom stereocenters. The summed E-state index contributed by atoms with van der Waals surface area (Å²) >= 11 is 1.29. The van der Waals surface area contributed by atoms with E-state index in [1.165, 1.54) is 15.9 Å². The maximum Gasteiger partial charge on any atom is 0.291 e. The normalized spacial score (nSPS) is 12.1. The summed E-state index contributed by atoms with van der Waals surface area (Å²) in [6.45, 7) is 4.52. The van der Waals surface area contributed by atoms with Gasteiger partial charge in [0.1, 0.15) is 17.0 Å². The van der Waals surface area contributed by atoms with E-state index in [-0.39, 0.29) is 5.56 Å². The zero-order chi connectivity index (χ0) is 27.2. The molecule has 0 unspecified atom stereocenters. The Hall–Kier alpha value is -5.02. The van der Waals surface area contributed by atoms with Gasteiger partial charge in [-0.15, -0.1) is 5.10 Å². The zero-order valence-corrected chi connectivity index (χ0v) is 22.6. The van der Waals surface area contributed by atoms with E-state index in [0.29, 0.717) is 27.7 Å². The van der Waals surface area contributed by atoms with Gasteiger partial charge >= 0.3 is 0 Å². The Bertz CT molecular complexity index is 2100. The first-order valence-electron chi connectivity index (χ1n) is 12.9. The third-order valence-corrected chi connectivity index (χ3v) is 7.68. The third kappa shape index (κ3) is 4.07. The van der Waals surface area contributed by atoms with Crippen molar-refractivity contribution in [3.05, 3.63) is 111 Å². The lowest BCUT2D eigenvalue weighted by Gasteiger charge is -2.04. The Labute approximate surface area is 232 Å². The van der Waals surface area contributed by atoms with E-state index in [2.05, 4.69) is 10.1 Å². The fourth-order valence-corrected chi connectivity index (χ4v) is 5.66. The molecule has 9 heteroatoms.